The highest BCUT2D eigenvalue weighted by Crippen LogP contribution is 2.30. The van der Waals surface area contributed by atoms with Crippen LogP contribution in [0.15, 0.2) is 16.6 Å². The molecule has 1 heterocycles. The normalized spacial score (nSPS) is 20.5. The quantitative estimate of drug-likeness (QED) is 0.823. The highest BCUT2D eigenvalue weighted by molar-refractivity contribution is 9.10. The molecule has 1 atom stereocenters. The first-order valence-electron chi connectivity index (χ1n) is 7.18. The van der Waals surface area contributed by atoms with Crippen molar-refractivity contribution in [2.24, 2.45) is 5.92 Å². The summed E-state index contributed by atoms with van der Waals surface area (Å²) in [7, 11) is 0. The summed E-state index contributed by atoms with van der Waals surface area (Å²) in [4.78, 5) is 2.52. The van der Waals surface area contributed by atoms with Crippen molar-refractivity contribution < 1.29 is 4.74 Å². The zero-order chi connectivity index (χ0) is 13.8. The number of likely N-dealkylation sites (tertiary alicyclic amines) is 1. The molecule has 1 aromatic carbocycles. The third-order valence-electron chi connectivity index (χ3n) is 3.77. The van der Waals surface area contributed by atoms with E-state index in [0.717, 1.165) is 29.3 Å². The monoisotopic (exact) mass is 325 g/mol. The van der Waals surface area contributed by atoms with E-state index in [1.165, 1.54) is 37.1 Å². The second-order valence-electron chi connectivity index (χ2n) is 5.79. The molecule has 19 heavy (non-hydrogen) atoms. The molecular weight excluding hydrogens is 302 g/mol. The van der Waals surface area contributed by atoms with Crippen molar-refractivity contribution in [2.75, 3.05) is 26.2 Å². The van der Waals surface area contributed by atoms with Crippen molar-refractivity contribution in [3.05, 3.63) is 27.7 Å². The Morgan fingerprint density at radius 2 is 2.16 bits per heavy atom. The van der Waals surface area contributed by atoms with Crippen molar-refractivity contribution in [1.82, 2.24) is 4.90 Å². The van der Waals surface area contributed by atoms with Gasteiger partial charge in [-0.2, -0.15) is 0 Å². The molecule has 0 aliphatic carbocycles. The molecule has 0 unspecified atom stereocenters. The van der Waals surface area contributed by atoms with Gasteiger partial charge in [-0.05, 0) is 72.3 Å². The van der Waals surface area contributed by atoms with Crippen molar-refractivity contribution in [2.45, 2.75) is 33.6 Å². The number of ether oxygens (including phenoxy) is 1. The average Bonchev–Trinajstić information content (AvgIpc) is 2.32. The maximum atomic E-state index is 5.97. The van der Waals surface area contributed by atoms with E-state index in [-0.39, 0.29) is 0 Å². The van der Waals surface area contributed by atoms with Crippen LogP contribution in [0.25, 0.3) is 0 Å². The SMILES string of the molecule is Cc1cc(C)c(OCCN2CCC[C@H](C)C2)c(Br)c1. The molecule has 0 aromatic heterocycles. The van der Waals surface area contributed by atoms with E-state index >= 15 is 0 Å². The number of benzene rings is 1. The molecule has 1 aliphatic heterocycles. The topological polar surface area (TPSA) is 12.5 Å². The van der Waals surface area contributed by atoms with Gasteiger partial charge in [-0.1, -0.05) is 13.0 Å². The molecule has 2 rings (SSSR count). The lowest BCUT2D eigenvalue weighted by Crippen LogP contribution is -2.37. The summed E-state index contributed by atoms with van der Waals surface area (Å²) < 4.78 is 7.04. The number of nitrogens with zero attached hydrogens (tertiary/aromatic N) is 1. The lowest BCUT2D eigenvalue weighted by molar-refractivity contribution is 0.153. The number of rotatable bonds is 4. The van der Waals surface area contributed by atoms with Crippen LogP contribution >= 0.6 is 15.9 Å². The second-order valence-corrected chi connectivity index (χ2v) is 6.64. The Morgan fingerprint density at radius 3 is 2.84 bits per heavy atom. The molecule has 1 aromatic rings. The molecule has 0 radical (unpaired) electrons. The van der Waals surface area contributed by atoms with Crippen LogP contribution in [0.1, 0.15) is 30.9 Å². The van der Waals surface area contributed by atoms with Gasteiger partial charge in [-0.15, -0.1) is 0 Å². The van der Waals surface area contributed by atoms with Crippen LogP contribution in [0, 0.1) is 19.8 Å². The second kappa shape index (κ2) is 6.76. The van der Waals surface area contributed by atoms with E-state index in [0.29, 0.717) is 0 Å². The van der Waals surface area contributed by atoms with Gasteiger partial charge in [-0.25, -0.2) is 0 Å². The molecule has 106 valence electrons. The minimum atomic E-state index is 0.773. The van der Waals surface area contributed by atoms with Gasteiger partial charge >= 0.3 is 0 Å². The molecule has 1 aliphatic rings. The summed E-state index contributed by atoms with van der Waals surface area (Å²) in [5.74, 6) is 1.83. The smallest absolute Gasteiger partial charge is 0.136 e. The fraction of sp³-hybridized carbons (Fsp3) is 0.625. The first-order valence-corrected chi connectivity index (χ1v) is 7.97. The van der Waals surface area contributed by atoms with Gasteiger partial charge < -0.3 is 4.74 Å². The van der Waals surface area contributed by atoms with Crippen LogP contribution in [0.2, 0.25) is 0 Å². The molecule has 0 bridgehead atoms. The first-order chi connectivity index (χ1) is 9.06. The highest BCUT2D eigenvalue weighted by atomic mass is 79.9. The lowest BCUT2D eigenvalue weighted by Gasteiger charge is -2.30. The number of piperidine rings is 1. The molecule has 3 heteroatoms. The van der Waals surface area contributed by atoms with E-state index in [4.69, 9.17) is 4.74 Å². The predicted octanol–water partition coefficient (Wildman–Crippen LogP) is 4.18. The summed E-state index contributed by atoms with van der Waals surface area (Å²) in [5, 5.41) is 0. The minimum Gasteiger partial charge on any atom is -0.491 e. The van der Waals surface area contributed by atoms with Crippen LogP contribution in [0.3, 0.4) is 0 Å². The third-order valence-corrected chi connectivity index (χ3v) is 4.36. The van der Waals surface area contributed by atoms with Crippen LogP contribution in [-0.2, 0) is 0 Å². The molecule has 1 fully saturated rings. The molecule has 2 nitrogen and oxygen atoms in total. The Morgan fingerprint density at radius 1 is 1.37 bits per heavy atom. The average molecular weight is 326 g/mol. The maximum Gasteiger partial charge on any atom is 0.136 e. The van der Waals surface area contributed by atoms with Crippen molar-refractivity contribution in [3.8, 4) is 5.75 Å². The van der Waals surface area contributed by atoms with Crippen LogP contribution in [0.4, 0.5) is 0 Å². The van der Waals surface area contributed by atoms with E-state index in [1.54, 1.807) is 0 Å². The summed E-state index contributed by atoms with van der Waals surface area (Å²) in [5.41, 5.74) is 2.47. The maximum absolute atomic E-state index is 5.97. The van der Waals surface area contributed by atoms with E-state index in [2.05, 4.69) is 53.7 Å². The van der Waals surface area contributed by atoms with Gasteiger partial charge in [0.1, 0.15) is 12.4 Å². The van der Waals surface area contributed by atoms with Gasteiger partial charge in [0, 0.05) is 13.1 Å². The highest BCUT2D eigenvalue weighted by Gasteiger charge is 2.16. The van der Waals surface area contributed by atoms with Crippen LogP contribution in [0.5, 0.6) is 5.75 Å². The van der Waals surface area contributed by atoms with E-state index < -0.39 is 0 Å². The van der Waals surface area contributed by atoms with Gasteiger partial charge in [0.05, 0.1) is 4.47 Å². The minimum absolute atomic E-state index is 0.773. The third kappa shape index (κ3) is 4.22. The van der Waals surface area contributed by atoms with E-state index in [1.807, 2.05) is 0 Å². The van der Waals surface area contributed by atoms with Gasteiger partial charge in [0.25, 0.3) is 0 Å². The molecule has 0 spiro atoms. The fourth-order valence-corrected chi connectivity index (χ4v) is 3.64. The molecule has 0 amide bonds. The molecule has 0 N–H and O–H groups in total. The summed E-state index contributed by atoms with van der Waals surface area (Å²) >= 11 is 3.60. The number of hydrogen-bond acceptors (Lipinski definition) is 2. The Labute approximate surface area is 125 Å². The zero-order valence-corrected chi connectivity index (χ0v) is 13.8. The Hall–Kier alpha value is -0.540. The predicted molar refractivity (Wildman–Crippen MR) is 83.9 cm³/mol. The summed E-state index contributed by atoms with van der Waals surface area (Å²) in [6, 6.07) is 4.29. The number of hydrogen-bond donors (Lipinski definition) is 0. The zero-order valence-electron chi connectivity index (χ0n) is 12.2. The number of aryl methyl sites for hydroxylation is 2. The Balaban J connectivity index is 1.85. The van der Waals surface area contributed by atoms with Crippen molar-refractivity contribution in [1.29, 1.82) is 0 Å². The van der Waals surface area contributed by atoms with Crippen LogP contribution in [-0.4, -0.2) is 31.1 Å². The Kier molecular flexibility index (Phi) is 5.28. The molecule has 1 saturated heterocycles. The van der Waals surface area contributed by atoms with Crippen molar-refractivity contribution >= 4 is 15.9 Å². The Bertz CT molecular complexity index is 410. The standard InChI is InChI=1S/C16H24BrNO/c1-12-5-4-6-18(11-12)7-8-19-16-14(3)9-13(2)10-15(16)17/h9-10,12H,4-8,11H2,1-3H3/t12-/m0/s1. The molecule has 0 saturated carbocycles. The summed E-state index contributed by atoms with van der Waals surface area (Å²) in [6.07, 6.45) is 2.70. The van der Waals surface area contributed by atoms with Crippen LogP contribution < -0.4 is 4.74 Å². The van der Waals surface area contributed by atoms with Crippen molar-refractivity contribution in [3.63, 3.8) is 0 Å². The molecular formula is C16H24BrNO. The number of halogens is 1. The largest absolute Gasteiger partial charge is 0.491 e. The van der Waals surface area contributed by atoms with Gasteiger partial charge in [-0.3, -0.25) is 4.90 Å². The van der Waals surface area contributed by atoms with E-state index in [9.17, 15) is 0 Å². The van der Waals surface area contributed by atoms with Gasteiger partial charge in [0.15, 0.2) is 0 Å². The fourth-order valence-electron chi connectivity index (χ4n) is 2.85. The summed E-state index contributed by atoms with van der Waals surface area (Å²) in [6.45, 7) is 10.8. The lowest BCUT2D eigenvalue weighted by atomic mass is 10.0. The first kappa shape index (κ1) is 14.9. The van der Waals surface area contributed by atoms with Gasteiger partial charge in [0.2, 0.25) is 0 Å².